The number of oxime groups is 1. The average Bonchev–Trinajstić information content (AvgIpc) is 3.02. The maximum atomic E-state index is 9.55. The molecule has 0 unspecified atom stereocenters. The van der Waals surface area contributed by atoms with Crippen LogP contribution in [0.15, 0.2) is 5.16 Å². The molecule has 0 radical (unpaired) electrons. The number of aliphatic hydroxyl groups excluding tert-OH is 5. The summed E-state index contributed by atoms with van der Waals surface area (Å²) in [4.78, 5) is 4.80. The largest absolute Gasteiger partial charge is 0.396 e. The van der Waals surface area contributed by atoms with E-state index in [0.29, 0.717) is 19.4 Å². The summed E-state index contributed by atoms with van der Waals surface area (Å²) in [7, 11) is 2.68. The lowest BCUT2D eigenvalue weighted by molar-refractivity contribution is -0.267. The van der Waals surface area contributed by atoms with Crippen molar-refractivity contribution in [3.8, 4) is 0 Å². The van der Waals surface area contributed by atoms with Crippen LogP contribution < -0.4 is 0 Å². The van der Waals surface area contributed by atoms with E-state index < -0.39 is 49.7 Å². The molecule has 0 aromatic carbocycles. The molecule has 1 aliphatic heterocycles. The summed E-state index contributed by atoms with van der Waals surface area (Å²) in [6.07, 6.45) is -0.411. The Bertz CT molecular complexity index is 434. The van der Waals surface area contributed by atoms with E-state index in [0.717, 1.165) is 0 Å². The predicted molar refractivity (Wildman–Crippen MR) is 103 cm³/mol. The van der Waals surface area contributed by atoms with Crippen LogP contribution >= 0.6 is 0 Å². The lowest BCUT2D eigenvalue weighted by Gasteiger charge is -2.30. The van der Waals surface area contributed by atoms with Gasteiger partial charge in [-0.05, 0) is 19.8 Å². The third-order valence-electron chi connectivity index (χ3n) is 4.53. The van der Waals surface area contributed by atoms with Gasteiger partial charge in [0.2, 0.25) is 11.6 Å². The molecule has 5 N–H and O–H groups in total. The van der Waals surface area contributed by atoms with Gasteiger partial charge in [-0.3, -0.25) is 0 Å². The first-order valence-corrected chi connectivity index (χ1v) is 9.59. The van der Waals surface area contributed by atoms with Crippen molar-refractivity contribution in [2.45, 2.75) is 69.6 Å². The monoisotopic (exact) mass is 427 g/mol. The highest BCUT2D eigenvalue weighted by molar-refractivity contribution is 5.62. The van der Waals surface area contributed by atoms with Crippen LogP contribution in [0.5, 0.6) is 0 Å². The maximum absolute atomic E-state index is 9.55. The van der Waals surface area contributed by atoms with E-state index in [1.54, 1.807) is 0 Å². The van der Waals surface area contributed by atoms with Crippen LogP contribution in [-0.2, 0) is 23.8 Å². The highest BCUT2D eigenvalue weighted by atomic mass is 16.7. The van der Waals surface area contributed by atoms with Crippen molar-refractivity contribution in [3.05, 3.63) is 0 Å². The molecule has 0 spiro atoms. The van der Waals surface area contributed by atoms with Gasteiger partial charge >= 0.3 is 0 Å². The Morgan fingerprint density at radius 3 is 2.07 bits per heavy atom. The van der Waals surface area contributed by atoms with E-state index in [-0.39, 0.29) is 6.10 Å². The summed E-state index contributed by atoms with van der Waals surface area (Å²) in [6, 6.07) is 0. The average molecular weight is 427 g/mol. The zero-order valence-corrected chi connectivity index (χ0v) is 17.9. The molecule has 11 heteroatoms. The van der Waals surface area contributed by atoms with Crippen LogP contribution in [0.4, 0.5) is 0 Å². The van der Waals surface area contributed by atoms with Gasteiger partial charge in [-0.2, -0.15) is 0 Å². The third-order valence-corrected chi connectivity index (χ3v) is 4.53. The summed E-state index contributed by atoms with van der Waals surface area (Å²) < 4.78 is 20.5. The molecule has 1 heterocycles. The summed E-state index contributed by atoms with van der Waals surface area (Å²) >= 11 is 0. The Kier molecular flexibility index (Phi) is 13.7. The smallest absolute Gasteiger partial charge is 0.221 e. The van der Waals surface area contributed by atoms with Gasteiger partial charge in [0.1, 0.15) is 25.4 Å². The van der Waals surface area contributed by atoms with Crippen LogP contribution in [0.1, 0.15) is 33.6 Å². The molecular weight excluding hydrogens is 390 g/mol. The minimum atomic E-state index is -1.46. The molecule has 0 amide bonds. The van der Waals surface area contributed by atoms with Crippen molar-refractivity contribution < 1.29 is 49.3 Å². The topological polar surface area (TPSA) is 160 Å². The molecule has 1 aliphatic rings. The molecule has 0 aromatic heterocycles. The van der Waals surface area contributed by atoms with Crippen LogP contribution in [-0.4, -0.2) is 108 Å². The van der Waals surface area contributed by atoms with Gasteiger partial charge in [0.05, 0.1) is 31.6 Å². The van der Waals surface area contributed by atoms with Crippen LogP contribution in [0.25, 0.3) is 0 Å². The molecule has 1 rings (SSSR count). The fraction of sp³-hybridized carbons (Fsp3) is 0.944. The SMILES string of the molecule is CCO/N=C/[C@@H](CC)OC(CO)(CO)OC.CC[C@H]1O[C@@](CO)(OC)[C@@H](O)[C@H]1O. The molecule has 174 valence electrons. The first-order valence-electron chi connectivity index (χ1n) is 9.59. The normalized spacial score (nSPS) is 28.3. The highest BCUT2D eigenvalue weighted by Gasteiger charge is 2.53. The van der Waals surface area contributed by atoms with Crippen LogP contribution in [0.3, 0.4) is 0 Å². The fourth-order valence-corrected chi connectivity index (χ4v) is 2.53. The molecule has 5 atom stereocenters. The van der Waals surface area contributed by atoms with Crippen molar-refractivity contribution >= 4 is 6.21 Å². The number of hydrogen-bond acceptors (Lipinski definition) is 11. The first kappa shape index (κ1) is 28.1. The summed E-state index contributed by atoms with van der Waals surface area (Å²) in [5.41, 5.74) is 0. The molecule has 11 nitrogen and oxygen atoms in total. The second-order valence-electron chi connectivity index (χ2n) is 6.34. The summed E-state index contributed by atoms with van der Waals surface area (Å²) in [5, 5.41) is 49.9. The van der Waals surface area contributed by atoms with Crippen molar-refractivity contribution in [1.82, 2.24) is 0 Å². The lowest BCUT2D eigenvalue weighted by Crippen LogP contribution is -2.47. The number of methoxy groups -OCH3 is 2. The number of aliphatic hydroxyl groups is 5. The second-order valence-corrected chi connectivity index (χ2v) is 6.34. The highest BCUT2D eigenvalue weighted by Crippen LogP contribution is 2.32. The summed E-state index contributed by atoms with van der Waals surface area (Å²) in [5.74, 6) is -2.85. The Labute approximate surface area is 171 Å². The minimum Gasteiger partial charge on any atom is -0.396 e. The van der Waals surface area contributed by atoms with Crippen molar-refractivity contribution in [2.24, 2.45) is 5.16 Å². The van der Waals surface area contributed by atoms with Crippen LogP contribution in [0, 0.1) is 0 Å². The number of ether oxygens (including phenoxy) is 4. The lowest BCUT2D eigenvalue weighted by atomic mass is 10.0. The van der Waals surface area contributed by atoms with E-state index in [9.17, 15) is 10.2 Å². The Hall–Kier alpha value is -0.890. The number of rotatable bonds is 12. The number of nitrogens with zero attached hydrogens (tertiary/aromatic N) is 1. The Balaban J connectivity index is 0.000000551. The molecule has 1 fully saturated rings. The zero-order chi connectivity index (χ0) is 22.5. The Morgan fingerprint density at radius 1 is 1.14 bits per heavy atom. The van der Waals surface area contributed by atoms with E-state index in [2.05, 4.69) is 5.16 Å². The molecule has 0 bridgehead atoms. The van der Waals surface area contributed by atoms with Crippen molar-refractivity contribution in [3.63, 3.8) is 0 Å². The van der Waals surface area contributed by atoms with E-state index >= 15 is 0 Å². The quantitative estimate of drug-likeness (QED) is 0.148. The van der Waals surface area contributed by atoms with Gasteiger partial charge < -0.3 is 49.3 Å². The van der Waals surface area contributed by atoms with E-state index in [1.807, 2.05) is 20.8 Å². The minimum absolute atomic E-state index is 0.384. The predicted octanol–water partition coefficient (Wildman–Crippen LogP) is -1.02. The van der Waals surface area contributed by atoms with Crippen molar-refractivity contribution in [2.75, 3.05) is 40.6 Å². The fourth-order valence-electron chi connectivity index (χ4n) is 2.53. The molecule has 0 aliphatic carbocycles. The second kappa shape index (κ2) is 14.2. The zero-order valence-electron chi connectivity index (χ0n) is 17.9. The van der Waals surface area contributed by atoms with Crippen LogP contribution in [0.2, 0.25) is 0 Å². The summed E-state index contributed by atoms with van der Waals surface area (Å²) in [6.45, 7) is 4.67. The maximum Gasteiger partial charge on any atom is 0.221 e. The standard InChI is InChI=1S/C10H21NO5.C8H16O5/c1-4-9(6-11-15-5-2)16-10(7-12,8-13)14-3;1-3-5-6(10)7(11)8(4-9,12-2)13-5/h6,9,12-13H,4-5,7-8H2,1-3H3;5-7,9-11H,3-4H2,1-2H3/b11-6+;/t9-;5-,6+,7+,8-/m11/s1. The molecule has 0 aromatic rings. The van der Waals surface area contributed by atoms with Gasteiger partial charge in [0.15, 0.2) is 0 Å². The first-order chi connectivity index (χ1) is 13.8. The number of hydrogen-bond donors (Lipinski definition) is 5. The molecule has 29 heavy (non-hydrogen) atoms. The molecular formula is C18H37NO10. The van der Waals surface area contributed by atoms with Gasteiger partial charge in [-0.1, -0.05) is 19.0 Å². The molecule has 1 saturated heterocycles. The van der Waals surface area contributed by atoms with E-state index in [1.165, 1.54) is 20.4 Å². The van der Waals surface area contributed by atoms with Gasteiger partial charge in [-0.15, -0.1) is 0 Å². The van der Waals surface area contributed by atoms with Gasteiger partial charge in [0.25, 0.3) is 0 Å². The Morgan fingerprint density at radius 2 is 1.76 bits per heavy atom. The molecule has 0 saturated carbocycles. The van der Waals surface area contributed by atoms with Gasteiger partial charge in [-0.25, -0.2) is 0 Å². The van der Waals surface area contributed by atoms with E-state index in [4.69, 9.17) is 39.1 Å². The van der Waals surface area contributed by atoms with Gasteiger partial charge in [0, 0.05) is 14.2 Å². The third kappa shape index (κ3) is 7.70. The van der Waals surface area contributed by atoms with Crippen molar-refractivity contribution in [1.29, 1.82) is 0 Å².